The number of carbonyl (C=O) groups excluding carboxylic acids is 1. The molecule has 2 atom stereocenters. The van der Waals surface area contributed by atoms with Crippen LogP contribution in [0, 0.1) is 0 Å². The minimum atomic E-state index is -4.57. The molecule has 1 saturated heterocycles. The van der Waals surface area contributed by atoms with Gasteiger partial charge in [-0.3, -0.25) is 15.6 Å². The van der Waals surface area contributed by atoms with Crippen LogP contribution in [0.2, 0.25) is 0 Å². The van der Waals surface area contributed by atoms with Crippen LogP contribution in [0.3, 0.4) is 0 Å². The van der Waals surface area contributed by atoms with Gasteiger partial charge < -0.3 is 20.4 Å². The predicted molar refractivity (Wildman–Crippen MR) is 124 cm³/mol. The van der Waals surface area contributed by atoms with E-state index in [1.54, 1.807) is 18.3 Å². The molecule has 2 aromatic rings. The van der Waals surface area contributed by atoms with Crippen molar-refractivity contribution in [3.05, 3.63) is 35.0 Å². The molecule has 5 rings (SSSR count). The summed E-state index contributed by atoms with van der Waals surface area (Å²) in [7, 11) is 1.28. The van der Waals surface area contributed by atoms with E-state index >= 15 is 0 Å². The highest BCUT2D eigenvalue weighted by atomic mass is 19.4. The van der Waals surface area contributed by atoms with Crippen molar-refractivity contribution in [2.45, 2.75) is 50.1 Å². The maximum absolute atomic E-state index is 13.9. The van der Waals surface area contributed by atoms with E-state index in [1.807, 2.05) is 0 Å². The third kappa shape index (κ3) is 4.49. The molecule has 2 unspecified atom stereocenters. The van der Waals surface area contributed by atoms with Crippen LogP contribution < -0.4 is 21.3 Å². The number of rotatable bonds is 5. The van der Waals surface area contributed by atoms with Crippen LogP contribution in [0.15, 0.2) is 28.9 Å². The number of piperidine rings is 1. The number of ether oxygens (including phenoxy) is 1. The second kappa shape index (κ2) is 8.95. The molecule has 3 aliphatic rings. The Hall–Kier alpha value is -3.05. The van der Waals surface area contributed by atoms with Crippen molar-refractivity contribution in [3.63, 3.8) is 0 Å². The lowest BCUT2D eigenvalue weighted by atomic mass is 9.99. The van der Waals surface area contributed by atoms with Gasteiger partial charge in [-0.05, 0) is 44.2 Å². The van der Waals surface area contributed by atoms with Gasteiger partial charge in [-0.2, -0.15) is 13.2 Å². The van der Waals surface area contributed by atoms with Gasteiger partial charge >= 0.3 is 12.3 Å². The van der Waals surface area contributed by atoms with Crippen molar-refractivity contribution in [1.82, 2.24) is 20.9 Å². The number of alkyl halides is 3. The van der Waals surface area contributed by atoms with Gasteiger partial charge in [0.05, 0.1) is 23.9 Å². The molecule has 182 valence electrons. The summed E-state index contributed by atoms with van der Waals surface area (Å²) in [6, 6.07) is 3.56. The van der Waals surface area contributed by atoms with E-state index in [0.29, 0.717) is 22.2 Å². The number of allylic oxidation sites excluding steroid dienone is 1. The maximum Gasteiger partial charge on any atom is 0.419 e. The number of H-pyrrole nitrogens is 1. The van der Waals surface area contributed by atoms with E-state index in [-0.39, 0.29) is 17.7 Å². The molecule has 1 aromatic heterocycles. The van der Waals surface area contributed by atoms with Crippen molar-refractivity contribution in [2.75, 3.05) is 25.5 Å². The quantitative estimate of drug-likeness (QED) is 0.452. The van der Waals surface area contributed by atoms with Crippen LogP contribution in [0.5, 0.6) is 0 Å². The SMILES string of the molecule is COC(=O)Nc1ccc2c(C3=C(C(F)(F)F)C=NC(NC4CCCNC4)N3)c[nH]c2c1C1CC1. The molecule has 2 fully saturated rings. The molecular weight excluding hydrogens is 449 g/mol. The van der Waals surface area contributed by atoms with Crippen LogP contribution in [-0.2, 0) is 4.74 Å². The molecule has 3 heterocycles. The van der Waals surface area contributed by atoms with Gasteiger partial charge in [-0.25, -0.2) is 4.79 Å². The lowest BCUT2D eigenvalue weighted by molar-refractivity contribution is -0.0855. The van der Waals surface area contributed by atoms with Crippen LogP contribution >= 0.6 is 0 Å². The number of halogens is 3. The molecule has 1 saturated carbocycles. The van der Waals surface area contributed by atoms with Gasteiger partial charge in [-0.1, -0.05) is 6.07 Å². The van der Waals surface area contributed by atoms with Crippen LogP contribution in [0.1, 0.15) is 42.7 Å². The minimum Gasteiger partial charge on any atom is -0.453 e. The number of nitrogens with one attached hydrogen (secondary N) is 5. The average molecular weight is 477 g/mol. The molecule has 1 aromatic carbocycles. The Balaban J connectivity index is 1.53. The third-order valence-electron chi connectivity index (χ3n) is 6.47. The molecule has 1 amide bonds. The number of fused-ring (bicyclic) bond motifs is 1. The van der Waals surface area contributed by atoms with Gasteiger partial charge in [0.2, 0.25) is 0 Å². The van der Waals surface area contributed by atoms with Crippen LogP contribution in [0.4, 0.5) is 23.7 Å². The monoisotopic (exact) mass is 476 g/mol. The fourth-order valence-corrected chi connectivity index (χ4v) is 4.70. The molecule has 0 spiro atoms. The van der Waals surface area contributed by atoms with Gasteiger partial charge in [-0.15, -0.1) is 0 Å². The van der Waals surface area contributed by atoms with E-state index < -0.39 is 24.1 Å². The minimum absolute atomic E-state index is 0.0227. The van der Waals surface area contributed by atoms with Crippen molar-refractivity contribution in [1.29, 1.82) is 0 Å². The summed E-state index contributed by atoms with van der Waals surface area (Å²) in [5.74, 6) is 0.229. The van der Waals surface area contributed by atoms with Crippen molar-refractivity contribution >= 4 is 34.6 Å². The normalized spacial score (nSPS) is 23.2. The highest BCUT2D eigenvalue weighted by Crippen LogP contribution is 2.47. The van der Waals surface area contributed by atoms with E-state index in [4.69, 9.17) is 4.74 Å². The van der Waals surface area contributed by atoms with E-state index in [0.717, 1.165) is 50.6 Å². The summed E-state index contributed by atoms with van der Waals surface area (Å²) >= 11 is 0. The summed E-state index contributed by atoms with van der Waals surface area (Å²) in [4.78, 5) is 19.1. The number of methoxy groups -OCH3 is 1. The first-order valence-corrected chi connectivity index (χ1v) is 11.4. The lowest BCUT2D eigenvalue weighted by Gasteiger charge is -2.31. The second-order valence-electron chi connectivity index (χ2n) is 8.86. The molecule has 8 nitrogen and oxygen atoms in total. The largest absolute Gasteiger partial charge is 0.453 e. The zero-order valence-corrected chi connectivity index (χ0v) is 18.7. The Kier molecular flexibility index (Phi) is 5.98. The first-order chi connectivity index (χ1) is 16.3. The topological polar surface area (TPSA) is 103 Å². The number of amides is 1. The Labute approximate surface area is 194 Å². The standard InChI is InChI=1S/C23H27F3N6O2/c1-34-22(33)31-17-7-6-14-15(10-28-20(14)18(17)12-4-5-12)19-16(23(24,25)26)11-29-21(32-19)30-13-3-2-8-27-9-13/h6-7,10-13,21,27-28,30,32H,2-5,8-9H2,1H3,(H,31,33). The zero-order valence-electron chi connectivity index (χ0n) is 18.7. The van der Waals surface area contributed by atoms with Crippen molar-refractivity contribution < 1.29 is 22.7 Å². The molecule has 1 aliphatic carbocycles. The van der Waals surface area contributed by atoms with E-state index in [2.05, 4.69) is 31.2 Å². The molecule has 11 heteroatoms. The van der Waals surface area contributed by atoms with Crippen LogP contribution in [0.25, 0.3) is 16.6 Å². The van der Waals surface area contributed by atoms with Crippen LogP contribution in [-0.4, -0.2) is 56.0 Å². The Bertz CT molecular complexity index is 1150. The third-order valence-corrected chi connectivity index (χ3v) is 6.47. The number of hydrogen-bond acceptors (Lipinski definition) is 6. The fraction of sp³-hybridized carbons (Fsp3) is 0.478. The molecule has 5 N–H and O–H groups in total. The molecule has 2 aliphatic heterocycles. The van der Waals surface area contributed by atoms with Gasteiger partial charge in [0.1, 0.15) is 0 Å². The number of benzene rings is 1. The van der Waals surface area contributed by atoms with Gasteiger partial charge in [0.15, 0.2) is 6.29 Å². The number of aliphatic imine (C=N–C) groups is 1. The molecule has 0 radical (unpaired) electrons. The summed E-state index contributed by atoms with van der Waals surface area (Å²) in [6.07, 6.45) is 0.499. The average Bonchev–Trinajstić information content (AvgIpc) is 3.56. The first kappa shape index (κ1) is 22.7. The predicted octanol–water partition coefficient (Wildman–Crippen LogP) is 3.80. The highest BCUT2D eigenvalue weighted by molar-refractivity contribution is 6.03. The second-order valence-corrected chi connectivity index (χ2v) is 8.86. The molecule has 34 heavy (non-hydrogen) atoms. The summed E-state index contributed by atoms with van der Waals surface area (Å²) in [5, 5.41) is 12.9. The lowest BCUT2D eigenvalue weighted by Crippen LogP contribution is -2.52. The Morgan fingerprint density at radius 1 is 1.24 bits per heavy atom. The Morgan fingerprint density at radius 3 is 2.74 bits per heavy atom. The summed E-state index contributed by atoms with van der Waals surface area (Å²) < 4.78 is 46.5. The number of hydrogen-bond donors (Lipinski definition) is 5. The maximum atomic E-state index is 13.9. The number of aromatic nitrogens is 1. The highest BCUT2D eigenvalue weighted by Gasteiger charge is 2.39. The first-order valence-electron chi connectivity index (χ1n) is 11.4. The zero-order chi connectivity index (χ0) is 23.9. The number of anilines is 1. The summed E-state index contributed by atoms with van der Waals surface area (Å²) in [6.45, 7) is 1.68. The summed E-state index contributed by atoms with van der Waals surface area (Å²) in [5.41, 5.74) is 1.77. The number of aromatic amines is 1. The number of carbonyl (C=O) groups is 1. The molecule has 0 bridgehead atoms. The smallest absolute Gasteiger partial charge is 0.419 e. The molecular formula is C23H27F3N6O2. The van der Waals surface area contributed by atoms with Crippen molar-refractivity contribution in [3.8, 4) is 0 Å². The van der Waals surface area contributed by atoms with Crippen molar-refractivity contribution in [2.24, 2.45) is 4.99 Å². The number of nitrogens with zero attached hydrogens (tertiary/aromatic N) is 1. The van der Waals surface area contributed by atoms with Gasteiger partial charge in [0.25, 0.3) is 0 Å². The van der Waals surface area contributed by atoms with E-state index in [9.17, 15) is 18.0 Å². The van der Waals surface area contributed by atoms with E-state index in [1.165, 1.54) is 7.11 Å². The fourth-order valence-electron chi connectivity index (χ4n) is 4.70. The van der Waals surface area contributed by atoms with Gasteiger partial charge in [0, 0.05) is 47.2 Å². The Morgan fingerprint density at radius 2 is 2.06 bits per heavy atom.